The first-order valence-electron chi connectivity index (χ1n) is 6.23. The molecule has 0 unspecified atom stereocenters. The number of rotatable bonds is 5. The molecule has 0 saturated heterocycles. The molecule has 0 fully saturated rings. The van der Waals surface area contributed by atoms with Crippen molar-refractivity contribution in [2.75, 3.05) is 6.61 Å². The standard InChI is InChI=1S/C15H24O/c1-5-6-11-16-14-9-7-13(8-10-14)12-15(2,3)4/h7-10H,5-6,11-12H2,1-4H3. The van der Waals surface area contributed by atoms with Crippen LogP contribution in [0.2, 0.25) is 0 Å². The van der Waals surface area contributed by atoms with Crippen LogP contribution < -0.4 is 4.74 Å². The van der Waals surface area contributed by atoms with Gasteiger partial charge in [-0.15, -0.1) is 0 Å². The summed E-state index contributed by atoms with van der Waals surface area (Å²) in [5.41, 5.74) is 1.74. The van der Waals surface area contributed by atoms with Gasteiger partial charge in [-0.1, -0.05) is 46.2 Å². The van der Waals surface area contributed by atoms with Crippen molar-refractivity contribution in [3.63, 3.8) is 0 Å². The van der Waals surface area contributed by atoms with Crippen molar-refractivity contribution in [1.29, 1.82) is 0 Å². The Balaban J connectivity index is 2.48. The molecule has 0 bridgehead atoms. The molecule has 90 valence electrons. The first-order valence-corrected chi connectivity index (χ1v) is 6.23. The fraction of sp³-hybridized carbons (Fsp3) is 0.600. The van der Waals surface area contributed by atoms with Crippen LogP contribution >= 0.6 is 0 Å². The van der Waals surface area contributed by atoms with Gasteiger partial charge in [-0.3, -0.25) is 0 Å². The largest absolute Gasteiger partial charge is 0.494 e. The monoisotopic (exact) mass is 220 g/mol. The minimum absolute atomic E-state index is 0.352. The van der Waals surface area contributed by atoms with Crippen LogP contribution in [-0.2, 0) is 6.42 Å². The van der Waals surface area contributed by atoms with E-state index in [1.54, 1.807) is 0 Å². The quantitative estimate of drug-likeness (QED) is 0.666. The number of unbranched alkanes of at least 4 members (excludes halogenated alkanes) is 1. The molecule has 1 rings (SSSR count). The first-order chi connectivity index (χ1) is 7.51. The van der Waals surface area contributed by atoms with Gasteiger partial charge in [0.2, 0.25) is 0 Å². The van der Waals surface area contributed by atoms with Crippen LogP contribution in [0, 0.1) is 5.41 Å². The molecule has 0 saturated carbocycles. The van der Waals surface area contributed by atoms with Crippen LogP contribution in [0.1, 0.15) is 46.1 Å². The van der Waals surface area contributed by atoms with E-state index in [1.165, 1.54) is 12.0 Å². The molecular formula is C15H24O. The maximum Gasteiger partial charge on any atom is 0.119 e. The molecule has 1 aromatic carbocycles. The third-order valence-electron chi connectivity index (χ3n) is 2.42. The van der Waals surface area contributed by atoms with E-state index in [-0.39, 0.29) is 0 Å². The lowest BCUT2D eigenvalue weighted by Gasteiger charge is -2.18. The minimum atomic E-state index is 0.352. The Morgan fingerprint density at radius 3 is 2.19 bits per heavy atom. The Kier molecular flexibility index (Phi) is 4.85. The lowest BCUT2D eigenvalue weighted by molar-refractivity contribution is 0.309. The molecule has 0 aliphatic rings. The van der Waals surface area contributed by atoms with Crippen molar-refractivity contribution in [2.45, 2.75) is 47.0 Å². The lowest BCUT2D eigenvalue weighted by Crippen LogP contribution is -2.08. The van der Waals surface area contributed by atoms with E-state index in [2.05, 4.69) is 52.0 Å². The van der Waals surface area contributed by atoms with Crippen molar-refractivity contribution >= 4 is 0 Å². The van der Waals surface area contributed by atoms with Gasteiger partial charge in [0.15, 0.2) is 0 Å². The zero-order valence-corrected chi connectivity index (χ0v) is 11.0. The normalized spacial score (nSPS) is 11.5. The molecule has 0 aromatic heterocycles. The van der Waals surface area contributed by atoms with Crippen LogP contribution in [0.4, 0.5) is 0 Å². The molecule has 1 heteroatoms. The summed E-state index contributed by atoms with van der Waals surface area (Å²) in [6, 6.07) is 8.51. The molecule has 0 aliphatic heterocycles. The Morgan fingerprint density at radius 2 is 1.69 bits per heavy atom. The highest BCUT2D eigenvalue weighted by molar-refractivity contribution is 5.27. The van der Waals surface area contributed by atoms with E-state index in [4.69, 9.17) is 4.74 Å². The third kappa shape index (κ3) is 5.20. The average molecular weight is 220 g/mol. The zero-order valence-electron chi connectivity index (χ0n) is 11.0. The van der Waals surface area contributed by atoms with Gasteiger partial charge < -0.3 is 4.74 Å². The predicted molar refractivity (Wildman–Crippen MR) is 70.0 cm³/mol. The Bertz CT molecular complexity index is 292. The van der Waals surface area contributed by atoms with E-state index >= 15 is 0 Å². The van der Waals surface area contributed by atoms with Gasteiger partial charge in [-0.05, 0) is 36.0 Å². The van der Waals surface area contributed by atoms with Crippen LogP contribution in [-0.4, -0.2) is 6.61 Å². The molecular weight excluding hydrogens is 196 g/mol. The summed E-state index contributed by atoms with van der Waals surface area (Å²) >= 11 is 0. The van der Waals surface area contributed by atoms with Crippen molar-refractivity contribution in [1.82, 2.24) is 0 Å². The number of hydrogen-bond donors (Lipinski definition) is 0. The highest BCUT2D eigenvalue weighted by Crippen LogP contribution is 2.22. The second-order valence-electron chi connectivity index (χ2n) is 5.58. The first kappa shape index (κ1) is 13.1. The highest BCUT2D eigenvalue weighted by atomic mass is 16.5. The van der Waals surface area contributed by atoms with E-state index in [0.29, 0.717) is 5.41 Å². The minimum Gasteiger partial charge on any atom is -0.494 e. The van der Waals surface area contributed by atoms with Gasteiger partial charge in [0.25, 0.3) is 0 Å². The molecule has 0 radical (unpaired) electrons. The van der Waals surface area contributed by atoms with Gasteiger partial charge in [-0.2, -0.15) is 0 Å². The summed E-state index contributed by atoms with van der Waals surface area (Å²) in [6.45, 7) is 9.79. The predicted octanol–water partition coefficient (Wildman–Crippen LogP) is 4.45. The van der Waals surface area contributed by atoms with Gasteiger partial charge in [0.1, 0.15) is 5.75 Å². The fourth-order valence-electron chi connectivity index (χ4n) is 1.65. The van der Waals surface area contributed by atoms with Crippen molar-refractivity contribution < 1.29 is 4.74 Å². The van der Waals surface area contributed by atoms with Gasteiger partial charge in [0, 0.05) is 0 Å². The summed E-state index contributed by atoms with van der Waals surface area (Å²) < 4.78 is 5.63. The molecule has 0 amide bonds. The van der Waals surface area contributed by atoms with Crippen LogP contribution in [0.25, 0.3) is 0 Å². The maximum atomic E-state index is 5.63. The Morgan fingerprint density at radius 1 is 1.06 bits per heavy atom. The fourth-order valence-corrected chi connectivity index (χ4v) is 1.65. The number of benzene rings is 1. The molecule has 0 heterocycles. The van der Waals surface area contributed by atoms with E-state index in [9.17, 15) is 0 Å². The highest BCUT2D eigenvalue weighted by Gasteiger charge is 2.10. The Labute approximate surface area is 99.8 Å². The smallest absolute Gasteiger partial charge is 0.119 e. The summed E-state index contributed by atoms with van der Waals surface area (Å²) in [4.78, 5) is 0. The van der Waals surface area contributed by atoms with Gasteiger partial charge >= 0.3 is 0 Å². The van der Waals surface area contributed by atoms with Gasteiger partial charge in [0.05, 0.1) is 6.61 Å². The molecule has 16 heavy (non-hydrogen) atoms. The van der Waals surface area contributed by atoms with Crippen molar-refractivity contribution in [3.05, 3.63) is 29.8 Å². The average Bonchev–Trinajstić information content (AvgIpc) is 2.19. The van der Waals surface area contributed by atoms with E-state index in [0.717, 1.165) is 25.2 Å². The molecule has 0 atom stereocenters. The molecule has 0 spiro atoms. The number of hydrogen-bond acceptors (Lipinski definition) is 1. The summed E-state index contributed by atoms with van der Waals surface area (Å²) in [6.07, 6.45) is 3.42. The Hall–Kier alpha value is -0.980. The maximum absolute atomic E-state index is 5.63. The molecule has 1 aromatic rings. The molecule has 0 aliphatic carbocycles. The summed E-state index contributed by atoms with van der Waals surface area (Å²) in [7, 11) is 0. The van der Waals surface area contributed by atoms with E-state index < -0.39 is 0 Å². The van der Waals surface area contributed by atoms with Crippen molar-refractivity contribution in [3.8, 4) is 5.75 Å². The SMILES string of the molecule is CCCCOc1ccc(CC(C)(C)C)cc1. The number of ether oxygens (including phenoxy) is 1. The molecule has 0 N–H and O–H groups in total. The van der Waals surface area contributed by atoms with Gasteiger partial charge in [-0.25, -0.2) is 0 Å². The van der Waals surface area contributed by atoms with Crippen molar-refractivity contribution in [2.24, 2.45) is 5.41 Å². The van der Waals surface area contributed by atoms with E-state index in [1.807, 2.05) is 0 Å². The second-order valence-corrected chi connectivity index (χ2v) is 5.58. The van der Waals surface area contributed by atoms with Crippen LogP contribution in [0.3, 0.4) is 0 Å². The van der Waals surface area contributed by atoms with Crippen LogP contribution in [0.15, 0.2) is 24.3 Å². The lowest BCUT2D eigenvalue weighted by atomic mass is 9.88. The second kappa shape index (κ2) is 5.93. The third-order valence-corrected chi connectivity index (χ3v) is 2.42. The summed E-state index contributed by atoms with van der Waals surface area (Å²) in [5.74, 6) is 0.992. The molecule has 1 nitrogen and oxygen atoms in total. The summed E-state index contributed by atoms with van der Waals surface area (Å²) in [5, 5.41) is 0. The van der Waals surface area contributed by atoms with Crippen LogP contribution in [0.5, 0.6) is 5.75 Å². The zero-order chi connectivity index (χ0) is 12.0. The topological polar surface area (TPSA) is 9.23 Å².